The molecule has 8 nitrogen and oxygen atoms in total. The van der Waals surface area contributed by atoms with E-state index in [-0.39, 0.29) is 30.6 Å². The number of carbonyl (C=O) groups excluding carboxylic acids is 1. The maximum Gasteiger partial charge on any atom is 0.249 e. The third kappa shape index (κ3) is 6.29. The summed E-state index contributed by atoms with van der Waals surface area (Å²) in [5.41, 5.74) is 1.70. The van der Waals surface area contributed by atoms with E-state index >= 15 is 0 Å². The van der Waals surface area contributed by atoms with Gasteiger partial charge in [0.15, 0.2) is 11.6 Å². The van der Waals surface area contributed by atoms with E-state index < -0.39 is 41.6 Å². The van der Waals surface area contributed by atoms with Crippen LogP contribution in [0.5, 0.6) is 5.75 Å². The van der Waals surface area contributed by atoms with E-state index in [1.807, 2.05) is 4.90 Å². The number of benzene rings is 2. The molecule has 0 saturated carbocycles. The molecule has 4 N–H and O–H groups in total. The third-order valence-electron chi connectivity index (χ3n) is 7.71. The number of aliphatic hydroxyl groups excluding tert-OH is 1. The van der Waals surface area contributed by atoms with E-state index in [9.17, 15) is 32.7 Å². The Labute approximate surface area is 228 Å². The first-order valence-corrected chi connectivity index (χ1v) is 13.0. The predicted molar refractivity (Wildman–Crippen MR) is 140 cm³/mol. The van der Waals surface area contributed by atoms with E-state index in [0.29, 0.717) is 60.8 Å². The first kappa shape index (κ1) is 29.5. The average molecular weight is 565 g/mol. The molecule has 12 heteroatoms. The summed E-state index contributed by atoms with van der Waals surface area (Å²) in [4.78, 5) is 19.1. The third-order valence-corrected chi connectivity index (χ3v) is 7.71. The van der Waals surface area contributed by atoms with Crippen LogP contribution in [0, 0.1) is 22.9 Å². The Morgan fingerprint density at radius 2 is 1.95 bits per heavy atom. The lowest BCUT2D eigenvalue weighted by Gasteiger charge is -2.40. The highest BCUT2D eigenvalue weighted by Crippen LogP contribution is 2.40. The average Bonchev–Trinajstić information content (AvgIpc) is 2.97. The van der Waals surface area contributed by atoms with E-state index in [4.69, 9.17) is 4.74 Å². The number of nitrogens with zero attached hydrogens (tertiary/aromatic N) is 2. The highest BCUT2D eigenvalue weighted by atomic mass is 19.2. The predicted octanol–water partition coefficient (Wildman–Crippen LogP) is 4.64. The van der Waals surface area contributed by atoms with Crippen molar-refractivity contribution in [1.82, 2.24) is 15.4 Å². The summed E-state index contributed by atoms with van der Waals surface area (Å²) in [5, 5.41) is 23.9. The lowest BCUT2D eigenvalue weighted by molar-refractivity contribution is -0.143. The lowest BCUT2D eigenvalue weighted by atomic mass is 9.73. The monoisotopic (exact) mass is 564 g/mol. The van der Waals surface area contributed by atoms with E-state index in [1.165, 1.54) is 13.3 Å². The largest absolute Gasteiger partial charge is 0.497 e. The Bertz CT molecular complexity index is 1350. The fourth-order valence-corrected chi connectivity index (χ4v) is 5.36. The zero-order valence-corrected chi connectivity index (χ0v) is 22.0. The molecule has 0 aliphatic carbocycles. The number of rotatable bonds is 11. The molecule has 0 bridgehead atoms. The van der Waals surface area contributed by atoms with Crippen molar-refractivity contribution < 1.29 is 37.4 Å². The highest BCUT2D eigenvalue weighted by molar-refractivity contribution is 5.85. The van der Waals surface area contributed by atoms with Gasteiger partial charge >= 0.3 is 0 Å². The Morgan fingerprint density at radius 1 is 1.20 bits per heavy atom. The summed E-state index contributed by atoms with van der Waals surface area (Å²) in [6.45, 7) is 0.709. The van der Waals surface area contributed by atoms with Gasteiger partial charge in [-0.05, 0) is 62.5 Å². The maximum absolute atomic E-state index is 13.9. The molecule has 3 aromatic rings. The number of amides is 1. The number of hydrogen-bond donors (Lipinski definition) is 4. The molecule has 4 rings (SSSR count). The number of alkyl halides is 1. The van der Waals surface area contributed by atoms with Crippen LogP contribution in [-0.2, 0) is 11.5 Å². The molecule has 1 unspecified atom stereocenters. The Kier molecular flexibility index (Phi) is 9.44. The Hall–Kier alpha value is -3.48. The quantitative estimate of drug-likeness (QED) is 0.116. The van der Waals surface area contributed by atoms with Gasteiger partial charge in [0.05, 0.1) is 29.8 Å². The van der Waals surface area contributed by atoms with Gasteiger partial charge in [-0.25, -0.2) is 23.0 Å². The number of halogens is 4. The smallest absolute Gasteiger partial charge is 0.249 e. The van der Waals surface area contributed by atoms with Gasteiger partial charge in [0.1, 0.15) is 18.2 Å². The molecule has 1 aliphatic heterocycles. The second kappa shape index (κ2) is 12.8. The van der Waals surface area contributed by atoms with Crippen LogP contribution in [-0.4, -0.2) is 59.4 Å². The molecule has 0 spiro atoms. The van der Waals surface area contributed by atoms with Crippen molar-refractivity contribution in [1.29, 1.82) is 0 Å². The summed E-state index contributed by atoms with van der Waals surface area (Å²) < 4.78 is 59.9. The molecule has 1 saturated heterocycles. The van der Waals surface area contributed by atoms with Gasteiger partial charge in [0.25, 0.3) is 0 Å². The Balaban J connectivity index is 1.42. The van der Waals surface area contributed by atoms with Crippen LogP contribution in [0.4, 0.5) is 23.2 Å². The van der Waals surface area contributed by atoms with Crippen molar-refractivity contribution in [2.24, 2.45) is 5.41 Å². The number of anilines is 1. The number of fused-ring (bicyclic) bond motifs is 1. The van der Waals surface area contributed by atoms with Crippen molar-refractivity contribution in [2.75, 3.05) is 38.6 Å². The fourth-order valence-electron chi connectivity index (χ4n) is 5.36. The molecule has 2 heterocycles. The topological polar surface area (TPSA) is 107 Å². The number of ether oxygens (including phenoxy) is 1. The highest BCUT2D eigenvalue weighted by Gasteiger charge is 2.41. The normalized spacial score (nSPS) is 16.1. The van der Waals surface area contributed by atoms with Crippen molar-refractivity contribution in [3.8, 4) is 5.75 Å². The number of aromatic nitrogens is 1. The first-order chi connectivity index (χ1) is 19.2. The number of carbonyl (C=O) groups is 1. The van der Waals surface area contributed by atoms with Crippen molar-refractivity contribution in [2.45, 2.75) is 38.5 Å². The maximum atomic E-state index is 13.9. The first-order valence-electron chi connectivity index (χ1n) is 13.0. The summed E-state index contributed by atoms with van der Waals surface area (Å²) in [7, 11) is 1.50. The van der Waals surface area contributed by atoms with E-state index in [1.54, 1.807) is 23.7 Å². The number of piperidine rings is 1. The van der Waals surface area contributed by atoms with E-state index in [0.717, 1.165) is 6.07 Å². The second-order valence-corrected chi connectivity index (χ2v) is 10.0. The van der Waals surface area contributed by atoms with Crippen molar-refractivity contribution >= 4 is 22.5 Å². The molecule has 1 amide bonds. The van der Waals surface area contributed by atoms with Crippen LogP contribution >= 0.6 is 0 Å². The zero-order valence-electron chi connectivity index (χ0n) is 22.0. The summed E-state index contributed by atoms with van der Waals surface area (Å²) in [6.07, 6.45) is 1.35. The molecule has 1 atom stereocenters. The van der Waals surface area contributed by atoms with E-state index in [2.05, 4.69) is 10.3 Å². The van der Waals surface area contributed by atoms with Crippen LogP contribution in [0.25, 0.3) is 10.9 Å². The van der Waals surface area contributed by atoms with Crippen LogP contribution in [0.2, 0.25) is 0 Å². The Morgan fingerprint density at radius 3 is 2.62 bits per heavy atom. The lowest BCUT2D eigenvalue weighted by Crippen LogP contribution is -2.49. The molecular formula is C28H32F4N4O4. The van der Waals surface area contributed by atoms with Crippen LogP contribution in [0.3, 0.4) is 0 Å². The number of methoxy groups -OCH3 is 1. The summed E-state index contributed by atoms with van der Waals surface area (Å²) >= 11 is 0. The molecule has 1 aliphatic rings. The van der Waals surface area contributed by atoms with Crippen LogP contribution in [0.1, 0.15) is 42.9 Å². The summed E-state index contributed by atoms with van der Waals surface area (Å²) in [5.74, 6) is -3.36. The number of hydrogen-bond acceptors (Lipinski definition) is 7. The van der Waals surface area contributed by atoms with Gasteiger partial charge in [-0.15, -0.1) is 0 Å². The van der Waals surface area contributed by atoms with Crippen molar-refractivity contribution in [3.05, 3.63) is 65.1 Å². The SMILES string of the molecule is COc1ccc2ncc(CF)c(C(O)CCC3(C(=O)NO)CCN(CCNc4cc(F)cc(F)c4F)CC3)c2c1. The fraction of sp³-hybridized carbons (Fsp3) is 0.429. The molecule has 0 radical (unpaired) electrons. The van der Waals surface area contributed by atoms with Gasteiger partial charge in [0.2, 0.25) is 5.91 Å². The van der Waals surface area contributed by atoms with Crippen molar-refractivity contribution in [3.63, 3.8) is 0 Å². The van der Waals surface area contributed by atoms with Gasteiger partial charge < -0.3 is 20.1 Å². The minimum Gasteiger partial charge on any atom is -0.497 e. The molecule has 1 fully saturated rings. The summed E-state index contributed by atoms with van der Waals surface area (Å²) in [6, 6.07) is 6.48. The molecular weight excluding hydrogens is 532 g/mol. The zero-order chi connectivity index (χ0) is 28.9. The van der Waals surface area contributed by atoms with Gasteiger partial charge in [-0.1, -0.05) is 0 Å². The van der Waals surface area contributed by atoms with Crippen LogP contribution in [0.15, 0.2) is 36.5 Å². The molecule has 1 aromatic heterocycles. The van der Waals surface area contributed by atoms with Gasteiger partial charge in [-0.3, -0.25) is 15.0 Å². The number of aliphatic hydroxyl groups is 1. The number of pyridine rings is 1. The minimum absolute atomic E-state index is 0.128. The van der Waals surface area contributed by atoms with Gasteiger partial charge in [-0.2, -0.15) is 0 Å². The number of hydroxylamine groups is 1. The number of nitrogens with one attached hydrogen (secondary N) is 2. The minimum atomic E-state index is -1.28. The standard InChI is InChI=1S/C28H32F4N4O4/c1-40-19-2-3-22-20(14-19)25(17(15-29)16-34-22)24(37)4-5-28(27(38)35-39)6-9-36(10-7-28)11-8-33-23-13-18(30)12-21(31)26(23)32/h2-3,12-14,16,24,33,37,39H,4-11,15H2,1H3,(H,35,38). The number of likely N-dealkylation sites (tertiary alicyclic amines) is 1. The molecule has 216 valence electrons. The van der Waals surface area contributed by atoms with Crippen LogP contribution < -0.4 is 15.5 Å². The molecule has 2 aromatic carbocycles. The molecule has 40 heavy (non-hydrogen) atoms. The van der Waals surface area contributed by atoms with Gasteiger partial charge in [0, 0.05) is 42.4 Å². The second-order valence-electron chi connectivity index (χ2n) is 10.0.